The van der Waals surface area contributed by atoms with E-state index in [0.717, 1.165) is 33.2 Å². The molecular weight excluding hydrogens is 423 g/mol. The maximum absolute atomic E-state index is 13.6. The SMILES string of the molecule is COCCNCCC(=O)Nc1sc2c(c1-c1nc3cc(F)ccc3s1)CCN[C@H]2C. The first-order valence-electron chi connectivity index (χ1n) is 10.0. The van der Waals surface area contributed by atoms with E-state index >= 15 is 0 Å². The Labute approximate surface area is 182 Å². The molecule has 1 aliphatic rings. The van der Waals surface area contributed by atoms with Crippen LogP contribution in [0.25, 0.3) is 20.8 Å². The summed E-state index contributed by atoms with van der Waals surface area (Å²) in [7, 11) is 1.65. The molecule has 4 rings (SSSR count). The highest BCUT2D eigenvalue weighted by molar-refractivity contribution is 7.23. The number of amides is 1. The van der Waals surface area contributed by atoms with Crippen molar-refractivity contribution in [1.29, 1.82) is 0 Å². The standard InChI is InChI=1S/C21H25FN4O2S2/c1-12-19-14(5-8-24-12)18(20-25-15-11-13(22)3-4-16(15)29-20)21(30-19)26-17(27)6-7-23-9-10-28-2/h3-4,11-12,23-24H,5-10H2,1-2H3,(H,26,27)/t12-/m0/s1. The largest absolute Gasteiger partial charge is 0.383 e. The number of ether oxygens (including phenoxy) is 1. The normalized spacial score (nSPS) is 16.0. The molecule has 160 valence electrons. The van der Waals surface area contributed by atoms with Gasteiger partial charge in [0.25, 0.3) is 0 Å². The molecule has 0 bridgehead atoms. The summed E-state index contributed by atoms with van der Waals surface area (Å²) in [5.74, 6) is -0.327. The highest BCUT2D eigenvalue weighted by Gasteiger charge is 2.28. The minimum atomic E-state index is -0.293. The number of nitrogens with zero attached hydrogens (tertiary/aromatic N) is 1. The monoisotopic (exact) mass is 448 g/mol. The number of rotatable bonds is 8. The van der Waals surface area contributed by atoms with Crippen LogP contribution < -0.4 is 16.0 Å². The maximum atomic E-state index is 13.6. The van der Waals surface area contributed by atoms with Crippen LogP contribution in [-0.2, 0) is 16.0 Å². The van der Waals surface area contributed by atoms with Gasteiger partial charge in [-0.2, -0.15) is 0 Å². The molecule has 3 heterocycles. The lowest BCUT2D eigenvalue weighted by Gasteiger charge is -2.20. The zero-order valence-electron chi connectivity index (χ0n) is 17.0. The summed E-state index contributed by atoms with van der Waals surface area (Å²) in [6.45, 7) is 4.94. The fourth-order valence-corrected chi connectivity index (χ4v) is 5.98. The molecule has 0 radical (unpaired) electrons. The number of aromatic nitrogens is 1. The Balaban J connectivity index is 1.62. The zero-order chi connectivity index (χ0) is 21.1. The smallest absolute Gasteiger partial charge is 0.226 e. The molecule has 1 atom stereocenters. The van der Waals surface area contributed by atoms with Crippen LogP contribution in [0.15, 0.2) is 18.2 Å². The summed E-state index contributed by atoms with van der Waals surface area (Å²) in [6, 6.07) is 4.91. The second kappa shape index (κ2) is 9.49. The molecule has 9 heteroatoms. The number of benzene rings is 1. The average Bonchev–Trinajstić information content (AvgIpc) is 3.28. The summed E-state index contributed by atoms with van der Waals surface area (Å²) in [5.41, 5.74) is 2.88. The average molecular weight is 449 g/mol. The lowest BCUT2D eigenvalue weighted by atomic mass is 10.0. The Morgan fingerprint density at radius 3 is 3.07 bits per heavy atom. The molecule has 6 nitrogen and oxygen atoms in total. The number of nitrogens with one attached hydrogen (secondary N) is 3. The van der Waals surface area contributed by atoms with Crippen molar-refractivity contribution in [3.63, 3.8) is 0 Å². The lowest BCUT2D eigenvalue weighted by Crippen LogP contribution is -2.26. The van der Waals surface area contributed by atoms with Gasteiger partial charge in [0.05, 0.1) is 16.8 Å². The van der Waals surface area contributed by atoms with Crippen LogP contribution in [0, 0.1) is 5.82 Å². The van der Waals surface area contributed by atoms with Crippen molar-refractivity contribution in [2.45, 2.75) is 25.8 Å². The van der Waals surface area contributed by atoms with E-state index in [-0.39, 0.29) is 17.8 Å². The molecule has 1 aromatic carbocycles. The van der Waals surface area contributed by atoms with Gasteiger partial charge in [-0.15, -0.1) is 22.7 Å². The first-order valence-corrected chi connectivity index (χ1v) is 11.6. The quantitative estimate of drug-likeness (QED) is 0.455. The fraction of sp³-hybridized carbons (Fsp3) is 0.429. The van der Waals surface area contributed by atoms with Crippen LogP contribution in [0.5, 0.6) is 0 Å². The van der Waals surface area contributed by atoms with E-state index in [1.54, 1.807) is 24.5 Å². The van der Waals surface area contributed by atoms with Crippen LogP contribution >= 0.6 is 22.7 Å². The number of fused-ring (bicyclic) bond motifs is 2. The van der Waals surface area contributed by atoms with Gasteiger partial charge in [0.1, 0.15) is 15.8 Å². The van der Waals surface area contributed by atoms with Crippen LogP contribution in [0.4, 0.5) is 9.39 Å². The van der Waals surface area contributed by atoms with Crippen molar-refractivity contribution < 1.29 is 13.9 Å². The predicted molar refractivity (Wildman–Crippen MR) is 121 cm³/mol. The molecule has 0 fully saturated rings. The minimum absolute atomic E-state index is 0.0347. The highest BCUT2D eigenvalue weighted by Crippen LogP contribution is 2.47. The number of thiophene rings is 1. The molecule has 0 saturated heterocycles. The van der Waals surface area contributed by atoms with Crippen molar-refractivity contribution in [2.75, 3.05) is 38.7 Å². The Hall–Kier alpha value is -1.91. The first-order chi connectivity index (χ1) is 14.6. The number of carbonyl (C=O) groups is 1. The van der Waals surface area contributed by atoms with Crippen LogP contribution in [-0.4, -0.2) is 44.2 Å². The van der Waals surface area contributed by atoms with Gasteiger partial charge in [-0.05, 0) is 37.6 Å². The number of hydrogen-bond acceptors (Lipinski definition) is 7. The highest BCUT2D eigenvalue weighted by atomic mass is 32.1. The van der Waals surface area contributed by atoms with E-state index in [9.17, 15) is 9.18 Å². The van der Waals surface area contributed by atoms with Gasteiger partial charge in [0, 0.05) is 49.2 Å². The van der Waals surface area contributed by atoms with Gasteiger partial charge < -0.3 is 20.7 Å². The van der Waals surface area contributed by atoms with Gasteiger partial charge in [-0.25, -0.2) is 9.37 Å². The Morgan fingerprint density at radius 2 is 2.23 bits per heavy atom. The van der Waals surface area contributed by atoms with Gasteiger partial charge in [0.15, 0.2) is 0 Å². The van der Waals surface area contributed by atoms with Crippen molar-refractivity contribution in [2.24, 2.45) is 0 Å². The lowest BCUT2D eigenvalue weighted by molar-refractivity contribution is -0.116. The minimum Gasteiger partial charge on any atom is -0.383 e. The molecule has 0 saturated carbocycles. The van der Waals surface area contributed by atoms with Crippen molar-refractivity contribution in [1.82, 2.24) is 15.6 Å². The summed E-state index contributed by atoms with van der Waals surface area (Å²) in [5, 5.41) is 11.4. The molecule has 0 unspecified atom stereocenters. The third-order valence-electron chi connectivity index (χ3n) is 5.09. The van der Waals surface area contributed by atoms with E-state index in [1.807, 2.05) is 0 Å². The third-order valence-corrected chi connectivity index (χ3v) is 7.47. The van der Waals surface area contributed by atoms with Crippen molar-refractivity contribution >= 4 is 43.8 Å². The van der Waals surface area contributed by atoms with E-state index in [0.29, 0.717) is 31.6 Å². The Bertz CT molecular complexity index is 1050. The van der Waals surface area contributed by atoms with E-state index in [4.69, 9.17) is 9.72 Å². The maximum Gasteiger partial charge on any atom is 0.226 e. The molecule has 3 aromatic rings. The van der Waals surface area contributed by atoms with Gasteiger partial charge >= 0.3 is 0 Å². The molecular formula is C21H25FN4O2S2. The molecule has 1 amide bonds. The molecule has 0 spiro atoms. The number of hydrogen-bond donors (Lipinski definition) is 3. The van der Waals surface area contributed by atoms with Crippen molar-refractivity contribution in [3.8, 4) is 10.6 Å². The molecule has 3 N–H and O–H groups in total. The van der Waals surface area contributed by atoms with E-state index in [1.165, 1.54) is 33.9 Å². The molecule has 1 aliphatic heterocycles. The Morgan fingerprint density at radius 1 is 1.37 bits per heavy atom. The topological polar surface area (TPSA) is 75.3 Å². The fourth-order valence-electron chi connectivity index (χ4n) is 3.60. The second-order valence-corrected chi connectivity index (χ2v) is 9.33. The van der Waals surface area contributed by atoms with Gasteiger partial charge in [-0.1, -0.05) is 0 Å². The molecule has 2 aromatic heterocycles. The van der Waals surface area contributed by atoms with E-state index in [2.05, 4.69) is 22.9 Å². The second-order valence-electron chi connectivity index (χ2n) is 7.25. The van der Waals surface area contributed by atoms with Gasteiger partial charge in [0.2, 0.25) is 5.91 Å². The van der Waals surface area contributed by atoms with Crippen molar-refractivity contribution in [3.05, 3.63) is 34.5 Å². The van der Waals surface area contributed by atoms with Crippen LogP contribution in [0.1, 0.15) is 29.8 Å². The van der Waals surface area contributed by atoms with Crippen LogP contribution in [0.3, 0.4) is 0 Å². The summed E-state index contributed by atoms with van der Waals surface area (Å²) in [6.07, 6.45) is 1.26. The Kier molecular flexibility index (Phi) is 6.74. The predicted octanol–water partition coefficient (Wildman–Crippen LogP) is 3.94. The third kappa shape index (κ3) is 4.55. The molecule has 30 heavy (non-hydrogen) atoms. The van der Waals surface area contributed by atoms with Crippen LogP contribution in [0.2, 0.25) is 0 Å². The summed E-state index contributed by atoms with van der Waals surface area (Å²) in [4.78, 5) is 18.5. The number of methoxy groups -OCH3 is 1. The number of anilines is 1. The first kappa shape index (κ1) is 21.3. The van der Waals surface area contributed by atoms with E-state index < -0.39 is 0 Å². The molecule has 0 aliphatic carbocycles. The summed E-state index contributed by atoms with van der Waals surface area (Å²) >= 11 is 3.15. The zero-order valence-corrected chi connectivity index (χ0v) is 18.6. The number of carbonyl (C=O) groups excluding carboxylic acids is 1. The number of thiazole rings is 1. The van der Waals surface area contributed by atoms with Gasteiger partial charge in [-0.3, -0.25) is 4.79 Å². The number of halogens is 1. The summed E-state index contributed by atoms with van der Waals surface area (Å²) < 4.78 is 19.6.